The van der Waals surface area contributed by atoms with Crippen LogP contribution in [0.3, 0.4) is 0 Å². The molecule has 32 heavy (non-hydrogen) atoms. The quantitative estimate of drug-likeness (QED) is 0.562. The van der Waals surface area contributed by atoms with Crippen molar-refractivity contribution in [3.05, 3.63) is 82.4 Å². The number of nitrogens with one attached hydrogen (secondary N) is 1. The van der Waals surface area contributed by atoms with E-state index in [0.717, 1.165) is 54.4 Å². The summed E-state index contributed by atoms with van der Waals surface area (Å²) in [6, 6.07) is 19.0. The zero-order valence-electron chi connectivity index (χ0n) is 18.6. The smallest absolute Gasteiger partial charge is 0.231 e. The third kappa shape index (κ3) is 4.26. The van der Waals surface area contributed by atoms with Crippen LogP contribution in [-0.4, -0.2) is 20.4 Å². The molecule has 0 fully saturated rings. The first-order chi connectivity index (χ1) is 15.7. The van der Waals surface area contributed by atoms with Gasteiger partial charge in [0.1, 0.15) is 6.61 Å². The van der Waals surface area contributed by atoms with Crippen LogP contribution in [0, 0.1) is 6.92 Å². The van der Waals surface area contributed by atoms with Crippen molar-refractivity contribution < 1.29 is 18.9 Å². The van der Waals surface area contributed by atoms with E-state index >= 15 is 0 Å². The van der Waals surface area contributed by atoms with Gasteiger partial charge in [0.25, 0.3) is 0 Å². The van der Waals surface area contributed by atoms with Gasteiger partial charge in [-0.1, -0.05) is 30.3 Å². The van der Waals surface area contributed by atoms with E-state index in [2.05, 4.69) is 48.6 Å². The maximum absolute atomic E-state index is 6.13. The summed E-state index contributed by atoms with van der Waals surface area (Å²) in [5.74, 6) is 3.29. The average molecular weight is 432 g/mol. The Bertz CT molecular complexity index is 1100. The monoisotopic (exact) mass is 431 g/mol. The van der Waals surface area contributed by atoms with Gasteiger partial charge in [-0.2, -0.15) is 0 Å². The van der Waals surface area contributed by atoms with E-state index in [4.69, 9.17) is 18.9 Å². The van der Waals surface area contributed by atoms with Gasteiger partial charge in [-0.25, -0.2) is 0 Å². The number of hydrogen-bond acceptors (Lipinski definition) is 5. The molecule has 5 nitrogen and oxygen atoms in total. The molecule has 0 saturated heterocycles. The summed E-state index contributed by atoms with van der Waals surface area (Å²) in [6.07, 6.45) is 2.95. The second-order valence-corrected chi connectivity index (χ2v) is 8.40. The number of benzene rings is 3. The molecule has 0 aromatic heterocycles. The minimum Gasteiger partial charge on any atom is -0.493 e. The van der Waals surface area contributed by atoms with E-state index in [1.807, 2.05) is 18.2 Å². The number of fused-ring (bicyclic) bond motifs is 2. The van der Waals surface area contributed by atoms with E-state index in [1.54, 1.807) is 7.11 Å². The Kier molecular flexibility index (Phi) is 5.91. The molecule has 166 valence electrons. The fourth-order valence-electron chi connectivity index (χ4n) is 4.57. The highest BCUT2D eigenvalue weighted by Gasteiger charge is 2.23. The largest absolute Gasteiger partial charge is 0.493 e. The second-order valence-electron chi connectivity index (χ2n) is 8.40. The van der Waals surface area contributed by atoms with E-state index in [-0.39, 0.29) is 6.04 Å². The average Bonchev–Trinajstić information content (AvgIpc) is 3.28. The van der Waals surface area contributed by atoms with Gasteiger partial charge in [-0.3, -0.25) is 0 Å². The molecule has 5 rings (SSSR count). The molecule has 0 radical (unpaired) electrons. The van der Waals surface area contributed by atoms with Gasteiger partial charge < -0.3 is 24.3 Å². The van der Waals surface area contributed by atoms with Gasteiger partial charge >= 0.3 is 0 Å². The van der Waals surface area contributed by atoms with Crippen LogP contribution in [-0.2, 0) is 19.4 Å². The maximum atomic E-state index is 6.13. The summed E-state index contributed by atoms with van der Waals surface area (Å²) in [5.41, 5.74) is 6.33. The standard InChI is InChI=1S/C27H29NO4/c1-18-12-25-27(32-17-31-25)13-20(18)8-9-23-22-15-24(29-2)26(14-21(22)10-11-28-23)30-16-19-6-4-3-5-7-19/h3-7,12-15,23,28H,8-11,16-17H2,1-2H3. The molecule has 0 amide bonds. The third-order valence-corrected chi connectivity index (χ3v) is 6.36. The van der Waals surface area contributed by atoms with Gasteiger partial charge in [0.2, 0.25) is 6.79 Å². The molecule has 1 unspecified atom stereocenters. The Morgan fingerprint density at radius 1 is 1.00 bits per heavy atom. The fraction of sp³-hybridized carbons (Fsp3) is 0.333. The maximum Gasteiger partial charge on any atom is 0.231 e. The zero-order chi connectivity index (χ0) is 21.9. The Balaban J connectivity index is 1.33. The zero-order valence-corrected chi connectivity index (χ0v) is 18.6. The number of methoxy groups -OCH3 is 1. The molecule has 2 heterocycles. The molecule has 0 saturated carbocycles. The van der Waals surface area contributed by atoms with E-state index in [0.29, 0.717) is 13.4 Å². The molecule has 0 spiro atoms. The lowest BCUT2D eigenvalue weighted by Gasteiger charge is -2.28. The van der Waals surface area contributed by atoms with Crippen molar-refractivity contribution in [2.75, 3.05) is 20.4 Å². The summed E-state index contributed by atoms with van der Waals surface area (Å²) in [5, 5.41) is 3.69. The first kappa shape index (κ1) is 20.7. The van der Waals surface area contributed by atoms with Gasteiger partial charge in [-0.05, 0) is 84.8 Å². The molecule has 5 heteroatoms. The van der Waals surface area contributed by atoms with Gasteiger partial charge in [0.15, 0.2) is 23.0 Å². The third-order valence-electron chi connectivity index (χ3n) is 6.36. The van der Waals surface area contributed by atoms with Crippen LogP contribution in [0.25, 0.3) is 0 Å². The topological polar surface area (TPSA) is 49.0 Å². The Morgan fingerprint density at radius 3 is 2.62 bits per heavy atom. The van der Waals surface area contributed by atoms with Crippen molar-refractivity contribution in [1.82, 2.24) is 5.32 Å². The lowest BCUT2D eigenvalue weighted by Crippen LogP contribution is -2.30. The molecule has 0 bridgehead atoms. The lowest BCUT2D eigenvalue weighted by molar-refractivity contribution is 0.174. The Hall–Kier alpha value is -3.18. The highest BCUT2D eigenvalue weighted by atomic mass is 16.7. The van der Waals surface area contributed by atoms with Crippen molar-refractivity contribution in [1.29, 1.82) is 0 Å². The number of hydrogen-bond donors (Lipinski definition) is 1. The first-order valence-electron chi connectivity index (χ1n) is 11.2. The Morgan fingerprint density at radius 2 is 1.81 bits per heavy atom. The summed E-state index contributed by atoms with van der Waals surface area (Å²) in [6.45, 7) is 3.94. The SMILES string of the molecule is COc1cc2c(cc1OCc1ccccc1)CCNC2CCc1cc2c(cc1C)OCO2. The van der Waals surface area contributed by atoms with Crippen molar-refractivity contribution in [2.24, 2.45) is 0 Å². The summed E-state index contributed by atoms with van der Waals surface area (Å²) < 4.78 is 22.9. The molecular weight excluding hydrogens is 402 g/mol. The van der Waals surface area contributed by atoms with E-state index < -0.39 is 0 Å². The summed E-state index contributed by atoms with van der Waals surface area (Å²) in [7, 11) is 1.71. The van der Waals surface area contributed by atoms with Crippen molar-refractivity contribution in [3.8, 4) is 23.0 Å². The molecule has 2 aliphatic rings. The van der Waals surface area contributed by atoms with Crippen LogP contribution >= 0.6 is 0 Å². The highest BCUT2D eigenvalue weighted by molar-refractivity contribution is 5.50. The van der Waals surface area contributed by atoms with Crippen LogP contribution in [0.5, 0.6) is 23.0 Å². The molecule has 3 aromatic carbocycles. The van der Waals surface area contributed by atoms with Crippen LogP contribution in [0.2, 0.25) is 0 Å². The molecular formula is C27H29NO4. The molecule has 0 aliphatic carbocycles. The van der Waals surface area contributed by atoms with Crippen molar-refractivity contribution in [2.45, 2.75) is 38.8 Å². The van der Waals surface area contributed by atoms with Crippen LogP contribution < -0.4 is 24.3 Å². The predicted molar refractivity (Wildman–Crippen MR) is 124 cm³/mol. The fourth-order valence-corrected chi connectivity index (χ4v) is 4.57. The number of rotatable bonds is 7. The van der Waals surface area contributed by atoms with Crippen LogP contribution in [0.1, 0.15) is 40.3 Å². The van der Waals surface area contributed by atoms with Gasteiger partial charge in [0, 0.05) is 6.04 Å². The normalized spacial score (nSPS) is 16.5. The van der Waals surface area contributed by atoms with Gasteiger partial charge in [-0.15, -0.1) is 0 Å². The minimum atomic E-state index is 0.278. The number of aryl methyl sites for hydroxylation is 2. The van der Waals surface area contributed by atoms with Crippen LogP contribution in [0.15, 0.2) is 54.6 Å². The molecule has 1 N–H and O–H groups in total. The lowest BCUT2D eigenvalue weighted by atomic mass is 9.89. The first-order valence-corrected chi connectivity index (χ1v) is 11.2. The van der Waals surface area contributed by atoms with Crippen molar-refractivity contribution >= 4 is 0 Å². The van der Waals surface area contributed by atoms with Crippen LogP contribution in [0.4, 0.5) is 0 Å². The predicted octanol–water partition coefficient (Wildman–Crippen LogP) is 5.13. The Labute approximate surface area is 189 Å². The summed E-state index contributed by atoms with van der Waals surface area (Å²) in [4.78, 5) is 0. The minimum absolute atomic E-state index is 0.278. The number of ether oxygens (including phenoxy) is 4. The molecule has 1 atom stereocenters. The highest BCUT2D eigenvalue weighted by Crippen LogP contribution is 2.38. The second kappa shape index (κ2) is 9.13. The summed E-state index contributed by atoms with van der Waals surface area (Å²) >= 11 is 0. The van der Waals surface area contributed by atoms with E-state index in [9.17, 15) is 0 Å². The van der Waals surface area contributed by atoms with Gasteiger partial charge in [0.05, 0.1) is 7.11 Å². The van der Waals surface area contributed by atoms with E-state index in [1.165, 1.54) is 22.3 Å². The molecule has 2 aliphatic heterocycles. The molecule has 3 aromatic rings. The van der Waals surface area contributed by atoms with Crippen molar-refractivity contribution in [3.63, 3.8) is 0 Å².